The zero-order valence-electron chi connectivity index (χ0n) is 11.6. The molecule has 2 rings (SSSR count). The van der Waals surface area contributed by atoms with E-state index in [0.717, 1.165) is 0 Å². The molecule has 0 saturated heterocycles. The van der Waals surface area contributed by atoms with Crippen molar-refractivity contribution in [3.63, 3.8) is 0 Å². The van der Waals surface area contributed by atoms with Gasteiger partial charge in [-0.25, -0.2) is 5.06 Å². The molecule has 116 valence electrons. The van der Waals surface area contributed by atoms with Gasteiger partial charge < -0.3 is 4.74 Å². The average molecular weight is 333 g/mol. The molecule has 21 heavy (non-hydrogen) atoms. The molecule has 2 unspecified atom stereocenters. The molecule has 0 aromatic carbocycles. The molecular formula is C12H16NO6PS. The summed E-state index contributed by atoms with van der Waals surface area (Å²) in [5, 5.41) is 1.41. The molecule has 1 aliphatic carbocycles. The molecule has 2 aliphatic rings. The van der Waals surface area contributed by atoms with Gasteiger partial charge in [0.25, 0.3) is 10.1 Å². The number of hydroxylamine groups is 2. The third-order valence-corrected chi connectivity index (χ3v) is 5.65. The van der Waals surface area contributed by atoms with E-state index < -0.39 is 29.3 Å². The highest BCUT2D eigenvalue weighted by atomic mass is 32.2. The molecule has 1 aliphatic heterocycles. The van der Waals surface area contributed by atoms with E-state index in [1.807, 2.05) is 6.92 Å². The zero-order valence-corrected chi connectivity index (χ0v) is 13.3. The van der Waals surface area contributed by atoms with Gasteiger partial charge >= 0.3 is 0 Å². The minimum absolute atomic E-state index is 0.347. The van der Waals surface area contributed by atoms with Crippen LogP contribution in [0.25, 0.3) is 0 Å². The Morgan fingerprint density at radius 3 is 2.67 bits per heavy atom. The summed E-state index contributed by atoms with van der Waals surface area (Å²) in [6, 6.07) is 0. The highest BCUT2D eigenvalue weighted by Crippen LogP contribution is 2.42. The number of nitrogens with zero attached hydrogens (tertiary/aromatic N) is 1. The molecule has 0 radical (unpaired) electrons. The summed E-state index contributed by atoms with van der Waals surface area (Å²) in [7, 11) is -5.33. The maximum atomic E-state index is 11.5. The summed E-state index contributed by atoms with van der Waals surface area (Å²) in [5.41, 5.74) is 1.09. The van der Waals surface area contributed by atoms with Crippen LogP contribution in [0.2, 0.25) is 0 Å². The Labute approximate surface area is 124 Å². The van der Waals surface area contributed by atoms with Crippen LogP contribution < -0.4 is 0 Å². The van der Waals surface area contributed by atoms with Crippen LogP contribution in [0.15, 0.2) is 35.6 Å². The molecule has 0 saturated carbocycles. The Morgan fingerprint density at radius 1 is 1.43 bits per heavy atom. The highest BCUT2D eigenvalue weighted by molar-refractivity contribution is 7.92. The fraction of sp³-hybridized carbons (Fsp3) is 0.500. The first-order valence-electron chi connectivity index (χ1n) is 6.38. The molecule has 0 aromatic heterocycles. The van der Waals surface area contributed by atoms with Gasteiger partial charge in [-0.2, -0.15) is 8.42 Å². The van der Waals surface area contributed by atoms with Crippen LogP contribution in [0.4, 0.5) is 0 Å². The molecule has 2 atom stereocenters. The topological polar surface area (TPSA) is 93.1 Å². The van der Waals surface area contributed by atoms with E-state index in [2.05, 4.69) is 0 Å². The van der Waals surface area contributed by atoms with Crippen molar-refractivity contribution in [3.8, 4) is 0 Å². The number of hydrogen-bond acceptors (Lipinski definition) is 6. The van der Waals surface area contributed by atoms with Crippen LogP contribution in [0.3, 0.4) is 0 Å². The van der Waals surface area contributed by atoms with E-state index >= 15 is 0 Å². The number of hydrogen-bond donors (Lipinski definition) is 1. The largest absolute Gasteiger partial charge is 0.353 e. The molecule has 9 heteroatoms. The molecule has 0 amide bonds. The summed E-state index contributed by atoms with van der Waals surface area (Å²) < 4.78 is 47.3. The van der Waals surface area contributed by atoms with Crippen LogP contribution in [-0.4, -0.2) is 42.0 Å². The van der Waals surface area contributed by atoms with Crippen molar-refractivity contribution in [2.45, 2.75) is 24.6 Å². The number of ether oxygens (including phenoxy) is 1. The standard InChI is InChI=1S/C12H16NO6PS/c1-3-18-11-7-9-5-6-12(20-14,21(15,16)17)8-10(9)13(11)19-4-2/h5-8,11H,3-4H2,1-2H3,(H,15,16,17). The third kappa shape index (κ3) is 2.82. The van der Waals surface area contributed by atoms with Crippen molar-refractivity contribution in [3.05, 3.63) is 35.6 Å². The van der Waals surface area contributed by atoms with Gasteiger partial charge in [-0.05, 0) is 32.1 Å². The van der Waals surface area contributed by atoms with Gasteiger partial charge in [0.05, 0.1) is 12.3 Å². The summed E-state index contributed by atoms with van der Waals surface area (Å²) in [5.74, 6) is 0. The third-order valence-electron chi connectivity index (χ3n) is 3.09. The van der Waals surface area contributed by atoms with Crippen molar-refractivity contribution < 1.29 is 27.1 Å². The molecular weight excluding hydrogens is 317 g/mol. The Hall–Kier alpha value is -1.05. The van der Waals surface area contributed by atoms with Crippen molar-refractivity contribution >= 4 is 18.6 Å². The SMILES string of the molecule is CCOC1C=C2C=CC(P=O)(S(=O)(=O)O)C=C2N1OCC. The lowest BCUT2D eigenvalue weighted by Gasteiger charge is -2.29. The maximum Gasteiger partial charge on any atom is 0.289 e. The van der Waals surface area contributed by atoms with Crippen LogP contribution in [0, 0.1) is 0 Å². The average Bonchev–Trinajstić information content (AvgIpc) is 2.75. The van der Waals surface area contributed by atoms with E-state index in [0.29, 0.717) is 24.5 Å². The summed E-state index contributed by atoms with van der Waals surface area (Å²) in [6.45, 7) is 4.40. The van der Waals surface area contributed by atoms with E-state index in [4.69, 9.17) is 9.57 Å². The van der Waals surface area contributed by atoms with E-state index in [1.54, 1.807) is 13.0 Å². The first-order chi connectivity index (χ1) is 9.88. The van der Waals surface area contributed by atoms with Crippen LogP contribution in [0.1, 0.15) is 13.8 Å². The maximum absolute atomic E-state index is 11.5. The van der Waals surface area contributed by atoms with E-state index in [1.165, 1.54) is 23.3 Å². The van der Waals surface area contributed by atoms with Gasteiger partial charge in [-0.3, -0.25) is 14.0 Å². The fourth-order valence-electron chi connectivity index (χ4n) is 2.15. The van der Waals surface area contributed by atoms with Gasteiger partial charge in [0, 0.05) is 12.2 Å². The minimum Gasteiger partial charge on any atom is -0.353 e. The van der Waals surface area contributed by atoms with Gasteiger partial charge in [-0.15, -0.1) is 0 Å². The van der Waals surface area contributed by atoms with Crippen molar-refractivity contribution in [1.29, 1.82) is 0 Å². The monoisotopic (exact) mass is 333 g/mol. The second kappa shape index (κ2) is 5.98. The van der Waals surface area contributed by atoms with E-state index in [-0.39, 0.29) is 0 Å². The second-order valence-corrected chi connectivity index (χ2v) is 7.24. The normalized spacial score (nSPS) is 28.5. The highest BCUT2D eigenvalue weighted by Gasteiger charge is 2.45. The molecule has 1 heterocycles. The molecule has 0 fully saturated rings. The summed E-state index contributed by atoms with van der Waals surface area (Å²) in [6.07, 6.45) is 5.14. The fourth-order valence-corrected chi connectivity index (χ4v) is 3.33. The molecule has 0 spiro atoms. The quantitative estimate of drug-likeness (QED) is 0.586. The molecule has 0 bridgehead atoms. The molecule has 1 N–H and O–H groups in total. The first kappa shape index (κ1) is 16.3. The molecule has 7 nitrogen and oxygen atoms in total. The van der Waals surface area contributed by atoms with Gasteiger partial charge in [-0.1, -0.05) is 6.08 Å². The smallest absolute Gasteiger partial charge is 0.289 e. The van der Waals surface area contributed by atoms with Crippen molar-refractivity contribution in [2.75, 3.05) is 13.2 Å². The Balaban J connectivity index is 2.48. The predicted octanol–water partition coefficient (Wildman–Crippen LogP) is 1.87. The zero-order chi connectivity index (χ0) is 15.7. The lowest BCUT2D eigenvalue weighted by atomic mass is 10.1. The van der Waals surface area contributed by atoms with Crippen LogP contribution in [-0.2, 0) is 24.3 Å². The summed E-state index contributed by atoms with van der Waals surface area (Å²) >= 11 is 0. The van der Waals surface area contributed by atoms with Gasteiger partial charge in [0.1, 0.15) is 0 Å². The second-order valence-electron chi connectivity index (χ2n) is 4.39. The van der Waals surface area contributed by atoms with Crippen molar-refractivity contribution in [2.24, 2.45) is 0 Å². The lowest BCUT2D eigenvalue weighted by Crippen LogP contribution is -2.35. The Kier molecular flexibility index (Phi) is 4.65. The lowest BCUT2D eigenvalue weighted by molar-refractivity contribution is -0.202. The molecule has 0 aromatic rings. The minimum atomic E-state index is -4.58. The van der Waals surface area contributed by atoms with E-state index in [9.17, 15) is 17.5 Å². The predicted molar refractivity (Wildman–Crippen MR) is 76.1 cm³/mol. The van der Waals surface area contributed by atoms with Gasteiger partial charge in [0.15, 0.2) is 14.7 Å². The Morgan fingerprint density at radius 2 is 2.14 bits per heavy atom. The summed E-state index contributed by atoms with van der Waals surface area (Å²) in [4.78, 5) is 5.46. The number of rotatable bonds is 6. The van der Waals surface area contributed by atoms with Crippen LogP contribution >= 0.6 is 8.46 Å². The number of allylic oxidation sites excluding steroid dienone is 1. The number of fused-ring (bicyclic) bond motifs is 1. The van der Waals surface area contributed by atoms with Crippen LogP contribution in [0.5, 0.6) is 0 Å². The van der Waals surface area contributed by atoms with Crippen molar-refractivity contribution in [1.82, 2.24) is 5.06 Å². The van der Waals surface area contributed by atoms with Gasteiger partial charge in [0.2, 0.25) is 4.49 Å². The Bertz CT molecular complexity index is 626. The first-order valence-corrected chi connectivity index (χ1v) is 8.63.